The van der Waals surface area contributed by atoms with Crippen LogP contribution in [0, 0.1) is 5.92 Å². The van der Waals surface area contributed by atoms with Crippen LogP contribution in [0.1, 0.15) is 38.5 Å². The Morgan fingerprint density at radius 2 is 2.06 bits per heavy atom. The van der Waals surface area contributed by atoms with Gasteiger partial charge in [0, 0.05) is 6.04 Å². The van der Waals surface area contributed by atoms with E-state index in [4.69, 9.17) is 4.42 Å². The Morgan fingerprint density at radius 3 is 2.65 bits per heavy atom. The number of rotatable bonds is 4. The zero-order valence-electron chi connectivity index (χ0n) is 11.1. The van der Waals surface area contributed by atoms with Crippen molar-refractivity contribution in [3.05, 3.63) is 24.2 Å². The Hall–Kier alpha value is -0.800. The van der Waals surface area contributed by atoms with Gasteiger partial charge in [0.05, 0.1) is 12.3 Å². The van der Waals surface area contributed by atoms with E-state index in [1.807, 2.05) is 12.1 Å². The van der Waals surface area contributed by atoms with Gasteiger partial charge in [-0.3, -0.25) is 0 Å². The third-order valence-electron chi connectivity index (χ3n) is 3.95. The molecule has 0 bridgehead atoms. The Labute approximate surface area is 104 Å². The van der Waals surface area contributed by atoms with E-state index in [9.17, 15) is 0 Å². The lowest BCUT2D eigenvalue weighted by Crippen LogP contribution is -2.41. The summed E-state index contributed by atoms with van der Waals surface area (Å²) in [6.45, 7) is 6.93. The van der Waals surface area contributed by atoms with Gasteiger partial charge in [-0.1, -0.05) is 0 Å². The fraction of sp³-hybridized carbons (Fsp3) is 0.714. The molecule has 2 rings (SSSR count). The van der Waals surface area contributed by atoms with E-state index in [2.05, 4.69) is 31.1 Å². The molecular weight excluding hydrogens is 212 g/mol. The molecule has 3 nitrogen and oxygen atoms in total. The minimum absolute atomic E-state index is 0.305. The highest BCUT2D eigenvalue weighted by Crippen LogP contribution is 2.22. The van der Waals surface area contributed by atoms with E-state index >= 15 is 0 Å². The van der Waals surface area contributed by atoms with Crippen LogP contribution in [0.4, 0.5) is 0 Å². The summed E-state index contributed by atoms with van der Waals surface area (Å²) in [5.41, 5.74) is 0. The lowest BCUT2D eigenvalue weighted by molar-refractivity contribution is 0.183. The van der Waals surface area contributed by atoms with Gasteiger partial charge in [0.15, 0.2) is 0 Å². The van der Waals surface area contributed by atoms with E-state index in [-0.39, 0.29) is 0 Å². The van der Waals surface area contributed by atoms with E-state index in [0.717, 1.165) is 11.7 Å². The molecule has 1 aromatic rings. The summed E-state index contributed by atoms with van der Waals surface area (Å²) in [5, 5.41) is 3.65. The van der Waals surface area contributed by atoms with Crippen molar-refractivity contribution in [2.24, 2.45) is 5.92 Å². The highest BCUT2D eigenvalue weighted by atomic mass is 16.3. The smallest absolute Gasteiger partial charge is 0.120 e. The molecule has 3 heteroatoms. The van der Waals surface area contributed by atoms with Crippen molar-refractivity contribution in [2.75, 3.05) is 20.1 Å². The van der Waals surface area contributed by atoms with Crippen molar-refractivity contribution in [1.29, 1.82) is 0 Å². The van der Waals surface area contributed by atoms with Crippen LogP contribution in [0.3, 0.4) is 0 Å². The quantitative estimate of drug-likeness (QED) is 0.871. The lowest BCUT2D eigenvalue weighted by atomic mass is 9.90. The first-order valence-corrected chi connectivity index (χ1v) is 6.65. The molecule has 1 fully saturated rings. The van der Waals surface area contributed by atoms with Gasteiger partial charge in [0.25, 0.3) is 0 Å². The van der Waals surface area contributed by atoms with Crippen LogP contribution in [0.25, 0.3) is 0 Å². The molecule has 2 atom stereocenters. The number of nitrogens with zero attached hydrogens (tertiary/aromatic N) is 1. The van der Waals surface area contributed by atoms with Gasteiger partial charge in [-0.15, -0.1) is 0 Å². The Morgan fingerprint density at radius 1 is 1.35 bits per heavy atom. The summed E-state index contributed by atoms with van der Waals surface area (Å²) >= 11 is 0. The second kappa shape index (κ2) is 5.69. The molecular formula is C14H24N2O. The summed E-state index contributed by atoms with van der Waals surface area (Å²) < 4.78 is 5.43. The number of piperidine rings is 1. The predicted octanol–water partition coefficient (Wildman–Crippen LogP) is 2.66. The van der Waals surface area contributed by atoms with Crippen molar-refractivity contribution in [1.82, 2.24) is 10.2 Å². The van der Waals surface area contributed by atoms with Crippen molar-refractivity contribution >= 4 is 0 Å². The molecule has 1 aliphatic heterocycles. The van der Waals surface area contributed by atoms with Gasteiger partial charge in [-0.2, -0.15) is 0 Å². The van der Waals surface area contributed by atoms with Gasteiger partial charge in [0.1, 0.15) is 5.76 Å². The summed E-state index contributed by atoms with van der Waals surface area (Å²) in [4.78, 5) is 2.42. The molecule has 0 amide bonds. The Balaban J connectivity index is 1.82. The number of hydrogen-bond donors (Lipinski definition) is 1. The topological polar surface area (TPSA) is 28.4 Å². The zero-order chi connectivity index (χ0) is 12.3. The second-order valence-electron chi connectivity index (χ2n) is 5.33. The maximum absolute atomic E-state index is 5.43. The maximum Gasteiger partial charge on any atom is 0.120 e. The van der Waals surface area contributed by atoms with Crippen molar-refractivity contribution in [3.63, 3.8) is 0 Å². The van der Waals surface area contributed by atoms with E-state index in [1.54, 1.807) is 6.26 Å². The number of furan rings is 1. The fourth-order valence-electron chi connectivity index (χ4n) is 2.68. The molecule has 96 valence electrons. The minimum atomic E-state index is 0.305. The third kappa shape index (κ3) is 3.33. The van der Waals surface area contributed by atoms with E-state index in [1.165, 1.54) is 25.9 Å². The van der Waals surface area contributed by atoms with Crippen molar-refractivity contribution in [2.45, 2.75) is 38.8 Å². The van der Waals surface area contributed by atoms with Crippen LogP contribution in [-0.4, -0.2) is 31.1 Å². The van der Waals surface area contributed by atoms with Crippen LogP contribution in [-0.2, 0) is 0 Å². The molecule has 0 spiro atoms. The largest absolute Gasteiger partial charge is 0.468 e. The Kier molecular flexibility index (Phi) is 4.24. The molecule has 1 aromatic heterocycles. The zero-order valence-corrected chi connectivity index (χ0v) is 11.1. The molecule has 1 aliphatic rings. The molecule has 0 saturated carbocycles. The molecule has 0 radical (unpaired) electrons. The Bertz CT molecular complexity index is 315. The second-order valence-corrected chi connectivity index (χ2v) is 5.33. The number of likely N-dealkylation sites (tertiary alicyclic amines) is 1. The third-order valence-corrected chi connectivity index (χ3v) is 3.95. The van der Waals surface area contributed by atoms with Gasteiger partial charge >= 0.3 is 0 Å². The summed E-state index contributed by atoms with van der Waals surface area (Å²) in [6.07, 6.45) is 4.35. The average Bonchev–Trinajstić information content (AvgIpc) is 2.83. The number of hydrogen-bond acceptors (Lipinski definition) is 3. The van der Waals surface area contributed by atoms with E-state index < -0.39 is 0 Å². The SMILES string of the molecule is CC(N[C@@H](C)c1ccco1)C1CCN(C)CC1. The molecule has 2 heterocycles. The van der Waals surface area contributed by atoms with Crippen LogP contribution in [0.2, 0.25) is 0 Å². The normalized spacial score (nSPS) is 22.5. The summed E-state index contributed by atoms with van der Waals surface area (Å²) in [6, 6.07) is 4.86. The van der Waals surface area contributed by atoms with Crippen LogP contribution >= 0.6 is 0 Å². The molecule has 1 saturated heterocycles. The average molecular weight is 236 g/mol. The number of nitrogens with one attached hydrogen (secondary N) is 1. The van der Waals surface area contributed by atoms with Crippen LogP contribution in [0.15, 0.2) is 22.8 Å². The standard InChI is InChI=1S/C14H24N2O/c1-11(13-6-8-16(3)9-7-13)15-12(2)14-5-4-10-17-14/h4-5,10-13,15H,6-9H2,1-3H3/t11?,12-/m0/s1. The monoisotopic (exact) mass is 236 g/mol. The molecule has 1 unspecified atom stereocenters. The van der Waals surface area contributed by atoms with Gasteiger partial charge < -0.3 is 14.6 Å². The predicted molar refractivity (Wildman–Crippen MR) is 69.9 cm³/mol. The van der Waals surface area contributed by atoms with Crippen LogP contribution in [0.5, 0.6) is 0 Å². The fourth-order valence-corrected chi connectivity index (χ4v) is 2.68. The first kappa shape index (κ1) is 12.7. The summed E-state index contributed by atoms with van der Waals surface area (Å²) in [7, 11) is 2.21. The van der Waals surface area contributed by atoms with Gasteiger partial charge in [0.2, 0.25) is 0 Å². The minimum Gasteiger partial charge on any atom is -0.468 e. The molecule has 1 N–H and O–H groups in total. The molecule has 0 aliphatic carbocycles. The van der Waals surface area contributed by atoms with Crippen molar-refractivity contribution < 1.29 is 4.42 Å². The van der Waals surface area contributed by atoms with Crippen LogP contribution < -0.4 is 5.32 Å². The first-order valence-electron chi connectivity index (χ1n) is 6.65. The van der Waals surface area contributed by atoms with Crippen molar-refractivity contribution in [3.8, 4) is 0 Å². The molecule has 17 heavy (non-hydrogen) atoms. The first-order chi connectivity index (χ1) is 8.16. The summed E-state index contributed by atoms with van der Waals surface area (Å²) in [5.74, 6) is 1.83. The van der Waals surface area contributed by atoms with Gasteiger partial charge in [-0.25, -0.2) is 0 Å². The lowest BCUT2D eigenvalue weighted by Gasteiger charge is -2.34. The van der Waals surface area contributed by atoms with E-state index in [0.29, 0.717) is 12.1 Å². The highest BCUT2D eigenvalue weighted by molar-refractivity contribution is 5.03. The van der Waals surface area contributed by atoms with Gasteiger partial charge in [-0.05, 0) is 64.9 Å². The molecule has 0 aromatic carbocycles. The highest BCUT2D eigenvalue weighted by Gasteiger charge is 2.23. The maximum atomic E-state index is 5.43.